The number of aromatic amines is 1. The highest BCUT2D eigenvalue weighted by Gasteiger charge is 2.35. The molecule has 0 radical (unpaired) electrons. The smallest absolute Gasteiger partial charge is 0.347 e. The number of nitrogens with one attached hydrogen (secondary N) is 2. The van der Waals surface area contributed by atoms with E-state index in [0.717, 1.165) is 48.0 Å². The summed E-state index contributed by atoms with van der Waals surface area (Å²) >= 11 is 0. The summed E-state index contributed by atoms with van der Waals surface area (Å²) in [6.45, 7) is 15.4. The van der Waals surface area contributed by atoms with E-state index in [-0.39, 0.29) is 30.1 Å². The van der Waals surface area contributed by atoms with Crippen LogP contribution < -0.4 is 16.3 Å². The molecule has 0 bridgehead atoms. The van der Waals surface area contributed by atoms with Crippen molar-refractivity contribution in [3.63, 3.8) is 0 Å². The van der Waals surface area contributed by atoms with E-state index in [2.05, 4.69) is 34.8 Å². The van der Waals surface area contributed by atoms with E-state index in [1.165, 1.54) is 0 Å². The zero-order valence-corrected chi connectivity index (χ0v) is 25.2. The number of benzene rings is 1. The second-order valence-electron chi connectivity index (χ2n) is 10.8. The van der Waals surface area contributed by atoms with Crippen LogP contribution in [0.25, 0.3) is 10.9 Å². The van der Waals surface area contributed by atoms with Gasteiger partial charge < -0.3 is 20.7 Å². The van der Waals surface area contributed by atoms with Crippen LogP contribution in [0.2, 0.25) is 0 Å². The molecule has 1 aliphatic rings. The van der Waals surface area contributed by atoms with E-state index in [4.69, 9.17) is 5.73 Å². The normalized spacial score (nSPS) is 18.1. The number of hydrogen-bond donors (Lipinski definition) is 4. The van der Waals surface area contributed by atoms with Gasteiger partial charge in [-0.2, -0.15) is 10.2 Å². The third-order valence-corrected chi connectivity index (χ3v) is 8.50. The van der Waals surface area contributed by atoms with Crippen molar-refractivity contribution in [2.24, 2.45) is 0 Å². The maximum absolute atomic E-state index is 13.0. The molecular formula is C32H44N6O2. The molecule has 1 aliphatic heterocycles. The maximum Gasteiger partial charge on any atom is 0.347 e. The first-order valence-electron chi connectivity index (χ1n) is 14.3. The summed E-state index contributed by atoms with van der Waals surface area (Å²) in [7, 11) is 0. The van der Waals surface area contributed by atoms with Crippen LogP contribution in [0.5, 0.6) is 0 Å². The minimum atomic E-state index is -0.518. The Morgan fingerprint density at radius 3 is 2.23 bits per heavy atom. The van der Waals surface area contributed by atoms with Crippen LogP contribution in [0.1, 0.15) is 97.8 Å². The first-order chi connectivity index (χ1) is 19.0. The minimum absolute atomic E-state index is 0.0978. The lowest BCUT2D eigenvalue weighted by molar-refractivity contribution is 0.282. The summed E-state index contributed by atoms with van der Waals surface area (Å²) < 4.78 is 0. The van der Waals surface area contributed by atoms with Crippen LogP contribution in [-0.2, 0) is 13.0 Å². The van der Waals surface area contributed by atoms with Gasteiger partial charge in [0.2, 0.25) is 0 Å². The van der Waals surface area contributed by atoms with E-state index < -0.39 is 5.69 Å². The molecule has 8 nitrogen and oxygen atoms in total. The lowest BCUT2D eigenvalue weighted by Crippen LogP contribution is -2.38. The topological polar surface area (TPSA) is 143 Å². The van der Waals surface area contributed by atoms with Crippen LogP contribution in [0.15, 0.2) is 38.7 Å². The fourth-order valence-corrected chi connectivity index (χ4v) is 6.14. The average Bonchev–Trinajstić information content (AvgIpc) is 3.37. The van der Waals surface area contributed by atoms with Crippen LogP contribution in [0.3, 0.4) is 0 Å². The second-order valence-corrected chi connectivity index (χ2v) is 10.8. The number of nitrogens with two attached hydrogens (primary N) is 1. The zero-order valence-electron chi connectivity index (χ0n) is 25.2. The molecule has 1 aromatic carbocycles. The van der Waals surface area contributed by atoms with Crippen molar-refractivity contribution in [2.45, 2.75) is 106 Å². The monoisotopic (exact) mass is 544 g/mol. The Morgan fingerprint density at radius 2 is 1.77 bits per heavy atom. The van der Waals surface area contributed by atoms with E-state index >= 15 is 0 Å². The number of allylic oxidation sites excluding steroid dienone is 6. The van der Waals surface area contributed by atoms with Crippen molar-refractivity contribution >= 4 is 28.1 Å². The van der Waals surface area contributed by atoms with Gasteiger partial charge in [-0.05, 0) is 83.4 Å². The van der Waals surface area contributed by atoms with Gasteiger partial charge in [0.1, 0.15) is 5.82 Å². The number of anilines is 2. The van der Waals surface area contributed by atoms with Crippen molar-refractivity contribution in [3.05, 3.63) is 61.1 Å². The molecule has 0 saturated carbocycles. The van der Waals surface area contributed by atoms with Gasteiger partial charge in [-0.1, -0.05) is 38.0 Å². The van der Waals surface area contributed by atoms with Crippen LogP contribution in [0, 0.1) is 16.7 Å². The largest absolute Gasteiger partial charge is 0.396 e. The van der Waals surface area contributed by atoms with Gasteiger partial charge in [0, 0.05) is 28.6 Å². The van der Waals surface area contributed by atoms with Gasteiger partial charge in [-0.25, -0.2) is 4.79 Å². The third kappa shape index (κ3) is 5.23. The molecule has 2 atom stereocenters. The van der Waals surface area contributed by atoms with Crippen molar-refractivity contribution in [1.29, 1.82) is 10.7 Å². The van der Waals surface area contributed by atoms with Gasteiger partial charge in [0.05, 0.1) is 35.2 Å². The van der Waals surface area contributed by atoms with Crippen molar-refractivity contribution in [2.75, 3.05) is 10.6 Å². The number of nitrogens with zero attached hydrogens (tertiary/aromatic N) is 3. The quantitative estimate of drug-likeness (QED) is 0.128. The molecule has 2 heterocycles. The highest BCUT2D eigenvalue weighted by molar-refractivity contribution is 6.22. The van der Waals surface area contributed by atoms with E-state index in [9.17, 15) is 20.6 Å². The molecular weight excluding hydrogens is 500 g/mol. The predicted molar refractivity (Wildman–Crippen MR) is 165 cm³/mol. The highest BCUT2D eigenvalue weighted by Crippen LogP contribution is 2.42. The number of aromatic nitrogens is 2. The molecule has 2 unspecified atom stereocenters. The molecule has 8 heteroatoms. The van der Waals surface area contributed by atoms with Crippen LogP contribution >= 0.6 is 0 Å². The summed E-state index contributed by atoms with van der Waals surface area (Å²) in [5.74, 6) is 0.553. The molecule has 5 N–H and O–H groups in total. The van der Waals surface area contributed by atoms with Gasteiger partial charge in [0.25, 0.3) is 0 Å². The van der Waals surface area contributed by atoms with Gasteiger partial charge >= 0.3 is 5.69 Å². The average molecular weight is 545 g/mol. The van der Waals surface area contributed by atoms with Gasteiger partial charge in [-0.3, -0.25) is 5.41 Å². The molecule has 0 aliphatic carbocycles. The first kappa shape index (κ1) is 30.8. The molecule has 1 saturated heterocycles. The maximum atomic E-state index is 13.0. The molecule has 1 fully saturated rings. The minimum Gasteiger partial charge on any atom is -0.396 e. The van der Waals surface area contributed by atoms with E-state index in [1.807, 2.05) is 47.6 Å². The fraction of sp³-hybridized carbons (Fsp3) is 0.500. The number of H-pyrrole nitrogens is 1. The number of aliphatic hydroxyl groups excluding tert-OH is 1. The molecule has 3 rings (SSSR count). The third-order valence-electron chi connectivity index (χ3n) is 8.50. The molecule has 0 spiro atoms. The van der Waals surface area contributed by atoms with Gasteiger partial charge in [-0.15, -0.1) is 0 Å². The zero-order chi connectivity index (χ0) is 29.9. The molecule has 1 aromatic heterocycles. The van der Waals surface area contributed by atoms with Crippen molar-refractivity contribution in [3.8, 4) is 6.07 Å². The summed E-state index contributed by atoms with van der Waals surface area (Å²) in [5, 5.41) is 31.1. The first-order valence-corrected chi connectivity index (χ1v) is 14.3. The Labute approximate surface area is 237 Å². The Kier molecular flexibility index (Phi) is 9.75. The summed E-state index contributed by atoms with van der Waals surface area (Å²) in [6.07, 6.45) is 6.29. The van der Waals surface area contributed by atoms with Crippen LogP contribution in [-0.4, -0.2) is 32.9 Å². The van der Waals surface area contributed by atoms with E-state index in [0.29, 0.717) is 45.4 Å². The molecule has 2 aromatic rings. The highest BCUT2D eigenvalue weighted by atomic mass is 16.3. The number of hydrogen-bond acceptors (Lipinski definition) is 7. The lowest BCUT2D eigenvalue weighted by atomic mass is 9.83. The SMILES string of the molecule is C/C=C(C)\C(C)=C(/C(=N)c1c(CC)c(CO)c2c(N3C(CC)CCC3CC)nc(=O)[nH]c2c1N)C(C#N)=C(C)C. The standard InChI is InChI=1S/C32H44N6O2/c1-9-18(7)19(8)25(23(15-33)17(5)6)28(34)26-22(12-4)24(16-39)27-30(29(26)35)36-32(40)37-31(27)38-20(10-2)13-14-21(38)11-3/h9,20-21,34,39H,10-14,16,35H2,1-8H3,(H,36,37,40)/b18-9-,25-19-,34-28?. The number of rotatable bonds is 9. The van der Waals surface area contributed by atoms with Gasteiger partial charge in [0.15, 0.2) is 0 Å². The number of nitriles is 1. The Bertz CT molecular complexity index is 1500. The number of nitrogen functional groups attached to an aromatic ring is 1. The Hall–Kier alpha value is -3.70. The Balaban J connectivity index is 2.53. The summed E-state index contributed by atoms with van der Waals surface area (Å²) in [4.78, 5) is 22.6. The predicted octanol–water partition coefficient (Wildman–Crippen LogP) is 6.23. The second kappa shape index (κ2) is 12.6. The summed E-state index contributed by atoms with van der Waals surface area (Å²) in [5.41, 5.74) is 12.3. The molecule has 0 amide bonds. The fourth-order valence-electron chi connectivity index (χ4n) is 6.14. The van der Waals surface area contributed by atoms with Crippen molar-refractivity contribution in [1.82, 2.24) is 9.97 Å². The number of fused-ring (bicyclic) bond motifs is 1. The summed E-state index contributed by atoms with van der Waals surface area (Å²) in [6, 6.07) is 2.76. The lowest BCUT2D eigenvalue weighted by Gasteiger charge is -2.32. The van der Waals surface area contributed by atoms with E-state index in [1.54, 1.807) is 0 Å². The number of aliphatic hydroxyl groups is 1. The Morgan fingerprint density at radius 1 is 1.18 bits per heavy atom. The van der Waals surface area contributed by atoms with Crippen LogP contribution in [0.4, 0.5) is 11.5 Å². The van der Waals surface area contributed by atoms with Crippen molar-refractivity contribution < 1.29 is 5.11 Å². The molecule has 40 heavy (non-hydrogen) atoms. The molecule has 214 valence electrons.